The van der Waals surface area contributed by atoms with Crippen LogP contribution in [-0.2, 0) is 14.3 Å². The molecule has 2 rings (SSSR count). The molecule has 8 nitrogen and oxygen atoms in total. The Kier molecular flexibility index (Phi) is 5.50. The van der Waals surface area contributed by atoms with Crippen LogP contribution in [0.1, 0.15) is 6.92 Å². The molecule has 3 atom stereocenters. The van der Waals surface area contributed by atoms with Gasteiger partial charge in [-0.3, -0.25) is 9.69 Å². The van der Waals surface area contributed by atoms with E-state index in [1.54, 1.807) is 0 Å². The van der Waals surface area contributed by atoms with E-state index in [2.05, 4.69) is 4.74 Å². The van der Waals surface area contributed by atoms with E-state index in [1.807, 2.05) is 0 Å². The summed E-state index contributed by atoms with van der Waals surface area (Å²) >= 11 is 1.05. The molecule has 3 N–H and O–H groups in total. The predicted octanol–water partition coefficient (Wildman–Crippen LogP) is -5.04. The van der Waals surface area contributed by atoms with Crippen LogP contribution in [0, 0.1) is 5.92 Å². The van der Waals surface area contributed by atoms with Crippen LogP contribution in [-0.4, -0.2) is 46.1 Å². The fraction of sp³-hybridized carbons (Fsp3) is 0.500. The van der Waals surface area contributed by atoms with Crippen molar-refractivity contribution in [3.8, 4) is 0 Å². The minimum atomic E-state index is -1.53. The van der Waals surface area contributed by atoms with Gasteiger partial charge in [-0.15, -0.1) is 0 Å². The summed E-state index contributed by atoms with van der Waals surface area (Å²) in [5.74, 6) is -2.69. The molecule has 0 spiro atoms. The number of amides is 2. The molecule has 2 aliphatic rings. The van der Waals surface area contributed by atoms with Crippen LogP contribution in [0.25, 0.3) is 0 Å². The third kappa shape index (κ3) is 2.82. The average Bonchev–Trinajstić information content (AvgIpc) is 2.60. The Morgan fingerprint density at radius 1 is 1.60 bits per heavy atom. The molecule has 0 saturated carbocycles. The molecular formula is C10H11N2NaO6S. The van der Waals surface area contributed by atoms with Crippen molar-refractivity contribution < 1.29 is 58.9 Å². The third-order valence-electron chi connectivity index (χ3n) is 2.91. The number of carbonyl (C=O) groups excluding carboxylic acids is 3. The van der Waals surface area contributed by atoms with Gasteiger partial charge in [-0.1, -0.05) is 11.8 Å². The quantitative estimate of drug-likeness (QED) is 0.392. The second-order valence-electron chi connectivity index (χ2n) is 4.15. The number of nitrogens with two attached hydrogens (primary N) is 1. The van der Waals surface area contributed by atoms with Crippen molar-refractivity contribution in [3.63, 3.8) is 0 Å². The molecule has 2 heterocycles. The van der Waals surface area contributed by atoms with Crippen molar-refractivity contribution in [1.82, 2.24) is 4.90 Å². The van der Waals surface area contributed by atoms with E-state index in [-0.39, 0.29) is 46.8 Å². The number of hydrogen-bond donors (Lipinski definition) is 2. The van der Waals surface area contributed by atoms with E-state index in [4.69, 9.17) is 5.73 Å². The van der Waals surface area contributed by atoms with Crippen LogP contribution in [0.3, 0.4) is 0 Å². The smallest absolute Gasteiger partial charge is 0.543 e. The van der Waals surface area contributed by atoms with Crippen LogP contribution in [0.2, 0.25) is 0 Å². The van der Waals surface area contributed by atoms with Gasteiger partial charge in [0.15, 0.2) is 0 Å². The molecule has 2 aliphatic heterocycles. The number of ether oxygens (including phenoxy) is 1. The number of aliphatic carboxylic acids is 1. The Morgan fingerprint density at radius 3 is 2.65 bits per heavy atom. The maximum Gasteiger partial charge on any atom is 1.00 e. The molecule has 10 heteroatoms. The molecule has 20 heavy (non-hydrogen) atoms. The molecule has 0 aromatic rings. The molecule has 2 amide bonds. The summed E-state index contributed by atoms with van der Waals surface area (Å²) in [7, 11) is 0. The topological polar surface area (TPSA) is 133 Å². The summed E-state index contributed by atoms with van der Waals surface area (Å²) in [6, 6.07) is 0. The largest absolute Gasteiger partial charge is 1.00 e. The number of aliphatic hydroxyl groups is 1. The Hall–Kier alpha value is -0.740. The summed E-state index contributed by atoms with van der Waals surface area (Å²) in [6.45, 7) is 1.12. The van der Waals surface area contributed by atoms with Gasteiger partial charge < -0.3 is 25.5 Å². The number of carboxylic acid groups (broad SMARTS) is 1. The van der Waals surface area contributed by atoms with Crippen molar-refractivity contribution in [3.05, 3.63) is 10.6 Å². The molecule has 1 saturated heterocycles. The zero-order valence-electron chi connectivity index (χ0n) is 10.9. The first-order chi connectivity index (χ1) is 8.84. The fourth-order valence-corrected chi connectivity index (χ4v) is 3.60. The minimum absolute atomic E-state index is 0. The van der Waals surface area contributed by atoms with Gasteiger partial charge in [-0.05, 0) is 6.92 Å². The van der Waals surface area contributed by atoms with E-state index in [0.29, 0.717) is 0 Å². The molecule has 0 aromatic carbocycles. The SMILES string of the molecule is C[C@@H](O)C1C(=O)N2C(C(=O)[O-])=C(COC(N)=O)S[C@H]12.[Na+]. The molecule has 0 aliphatic carbocycles. The van der Waals surface area contributed by atoms with E-state index >= 15 is 0 Å². The molecule has 1 unspecified atom stereocenters. The van der Waals surface area contributed by atoms with Gasteiger partial charge in [0.05, 0.1) is 28.6 Å². The Labute approximate surface area is 140 Å². The summed E-state index contributed by atoms with van der Waals surface area (Å²) in [4.78, 5) is 34.6. The maximum atomic E-state index is 11.8. The van der Waals surface area contributed by atoms with Gasteiger partial charge in [-0.2, -0.15) is 0 Å². The monoisotopic (exact) mass is 310 g/mol. The van der Waals surface area contributed by atoms with Gasteiger partial charge in [0.1, 0.15) is 12.0 Å². The minimum Gasteiger partial charge on any atom is -0.543 e. The van der Waals surface area contributed by atoms with Gasteiger partial charge in [-0.25, -0.2) is 4.79 Å². The number of thioether (sulfide) groups is 1. The number of nitrogens with zero attached hydrogens (tertiary/aromatic N) is 1. The van der Waals surface area contributed by atoms with Crippen molar-refractivity contribution in [2.45, 2.75) is 18.4 Å². The number of rotatable bonds is 4. The van der Waals surface area contributed by atoms with E-state index in [9.17, 15) is 24.6 Å². The first-order valence-corrected chi connectivity index (χ1v) is 6.27. The molecule has 1 fully saturated rings. The van der Waals surface area contributed by atoms with Crippen molar-refractivity contribution in [2.24, 2.45) is 11.7 Å². The first-order valence-electron chi connectivity index (χ1n) is 5.39. The van der Waals surface area contributed by atoms with E-state index in [0.717, 1.165) is 16.7 Å². The Morgan fingerprint density at radius 2 is 2.20 bits per heavy atom. The molecule has 104 valence electrons. The molecule has 0 aromatic heterocycles. The van der Waals surface area contributed by atoms with E-state index < -0.39 is 35.4 Å². The first kappa shape index (κ1) is 17.3. The van der Waals surface area contributed by atoms with Crippen LogP contribution in [0.4, 0.5) is 4.79 Å². The number of fused-ring (bicyclic) bond motifs is 1. The van der Waals surface area contributed by atoms with Crippen molar-refractivity contribution in [1.29, 1.82) is 0 Å². The second kappa shape index (κ2) is 6.35. The Bertz CT molecular complexity index is 494. The van der Waals surface area contributed by atoms with Crippen LogP contribution in [0.5, 0.6) is 0 Å². The van der Waals surface area contributed by atoms with Gasteiger partial charge in [0, 0.05) is 0 Å². The third-order valence-corrected chi connectivity index (χ3v) is 4.25. The van der Waals surface area contributed by atoms with Gasteiger partial charge >= 0.3 is 35.7 Å². The second-order valence-corrected chi connectivity index (χ2v) is 5.36. The number of β-lactam (4-membered cyclic amide) rings is 1. The fourth-order valence-electron chi connectivity index (χ4n) is 2.08. The van der Waals surface area contributed by atoms with E-state index in [1.165, 1.54) is 6.92 Å². The molecule has 0 bridgehead atoms. The van der Waals surface area contributed by atoms with Gasteiger partial charge in [0.2, 0.25) is 5.91 Å². The normalized spacial score (nSPS) is 25.5. The number of carbonyl (C=O) groups is 3. The van der Waals surface area contributed by atoms with Gasteiger partial charge in [0.25, 0.3) is 0 Å². The summed E-state index contributed by atoms with van der Waals surface area (Å²) in [5.41, 5.74) is 4.48. The van der Waals surface area contributed by atoms with Crippen molar-refractivity contribution >= 4 is 29.7 Å². The van der Waals surface area contributed by atoms with Crippen LogP contribution < -0.4 is 40.4 Å². The van der Waals surface area contributed by atoms with Crippen LogP contribution in [0.15, 0.2) is 10.6 Å². The number of primary amides is 1. The zero-order chi connectivity index (χ0) is 14.3. The number of aliphatic hydroxyl groups excluding tert-OH is 1. The Balaban J connectivity index is 0.00000200. The maximum absolute atomic E-state index is 11.8. The summed E-state index contributed by atoms with van der Waals surface area (Å²) in [6.07, 6.45) is -1.93. The molecule has 0 radical (unpaired) electrons. The molecular weight excluding hydrogens is 299 g/mol. The van der Waals surface area contributed by atoms with Crippen LogP contribution >= 0.6 is 11.8 Å². The standard InChI is InChI=1S/C10H12N2O6S.Na/c1-3(13)5-7(14)12-6(9(15)16)4(19-8(5)12)2-18-10(11)17;/h3,5,8,13H,2H2,1H3,(H2,11,17)(H,15,16);/q;+1/p-1/t3-,5?,8-;/m1./s1. The number of carboxylic acids is 1. The number of hydrogen-bond acceptors (Lipinski definition) is 7. The zero-order valence-corrected chi connectivity index (χ0v) is 13.7. The average molecular weight is 310 g/mol. The van der Waals surface area contributed by atoms with Crippen molar-refractivity contribution in [2.75, 3.05) is 6.61 Å². The summed E-state index contributed by atoms with van der Waals surface area (Å²) in [5, 5.41) is 20.0. The predicted molar refractivity (Wildman–Crippen MR) is 61.0 cm³/mol. The summed E-state index contributed by atoms with van der Waals surface area (Å²) < 4.78 is 4.53.